The van der Waals surface area contributed by atoms with E-state index in [9.17, 15) is 4.79 Å². The van der Waals surface area contributed by atoms with E-state index in [2.05, 4.69) is 38.8 Å². The monoisotopic (exact) mass is 485 g/mol. The number of anilines is 2. The molecule has 0 aliphatic carbocycles. The van der Waals surface area contributed by atoms with E-state index < -0.39 is 0 Å². The van der Waals surface area contributed by atoms with Crippen LogP contribution in [0.15, 0.2) is 57.1 Å². The van der Waals surface area contributed by atoms with Crippen molar-refractivity contribution in [2.24, 2.45) is 11.8 Å². The van der Waals surface area contributed by atoms with Crippen molar-refractivity contribution in [1.29, 1.82) is 0 Å². The van der Waals surface area contributed by atoms with Gasteiger partial charge in [0.2, 0.25) is 11.9 Å². The number of carbonyl (C=O) groups is 1. The summed E-state index contributed by atoms with van der Waals surface area (Å²) in [6.07, 6.45) is 5.33. The maximum absolute atomic E-state index is 12.5. The maximum atomic E-state index is 12.5. The van der Waals surface area contributed by atoms with Gasteiger partial charge in [-0.3, -0.25) is 9.36 Å². The second kappa shape index (κ2) is 11.2. The highest BCUT2D eigenvalue weighted by atomic mass is 32.2. The lowest BCUT2D eigenvalue weighted by Gasteiger charge is -2.35. The Morgan fingerprint density at radius 1 is 1.15 bits per heavy atom. The van der Waals surface area contributed by atoms with E-state index in [0.717, 1.165) is 40.5 Å². The summed E-state index contributed by atoms with van der Waals surface area (Å²) < 4.78 is 7.73. The molecule has 0 spiro atoms. The number of piperidine rings is 1. The van der Waals surface area contributed by atoms with Crippen LogP contribution < -0.4 is 10.2 Å². The third-order valence-corrected chi connectivity index (χ3v) is 7.45. The molecule has 0 saturated carbocycles. The Hall–Kier alpha value is -2.39. The molecule has 33 heavy (non-hydrogen) atoms. The van der Waals surface area contributed by atoms with Crippen LogP contribution in [0.2, 0.25) is 0 Å². The van der Waals surface area contributed by atoms with Crippen molar-refractivity contribution < 1.29 is 9.21 Å². The molecule has 3 aromatic rings. The number of thioether (sulfide) groups is 2. The van der Waals surface area contributed by atoms with Gasteiger partial charge in [-0.1, -0.05) is 37.7 Å². The van der Waals surface area contributed by atoms with E-state index in [1.54, 1.807) is 29.8 Å². The molecule has 1 aliphatic rings. The maximum Gasteiger partial charge on any atom is 0.228 e. The van der Waals surface area contributed by atoms with Gasteiger partial charge in [0.25, 0.3) is 0 Å². The van der Waals surface area contributed by atoms with E-state index in [4.69, 9.17) is 4.42 Å². The van der Waals surface area contributed by atoms with Gasteiger partial charge in [-0.15, -0.1) is 22.0 Å². The first kappa shape index (κ1) is 23.8. The van der Waals surface area contributed by atoms with Gasteiger partial charge in [0.05, 0.1) is 18.5 Å². The molecule has 4 rings (SSSR count). The number of rotatable bonds is 9. The van der Waals surface area contributed by atoms with Crippen LogP contribution in [0.4, 0.5) is 11.6 Å². The van der Waals surface area contributed by atoms with Crippen LogP contribution in [-0.2, 0) is 11.3 Å². The van der Waals surface area contributed by atoms with Crippen molar-refractivity contribution in [2.75, 3.05) is 35.3 Å². The molecule has 0 radical (unpaired) electrons. The second-order valence-corrected chi connectivity index (χ2v) is 10.6. The van der Waals surface area contributed by atoms with Gasteiger partial charge in [0.15, 0.2) is 5.16 Å². The highest BCUT2D eigenvalue weighted by molar-refractivity contribution is 7.99. The van der Waals surface area contributed by atoms with E-state index in [-0.39, 0.29) is 5.91 Å². The lowest BCUT2D eigenvalue weighted by molar-refractivity contribution is -0.115. The molecule has 0 bridgehead atoms. The number of hydrogen-bond donors (Lipinski definition) is 1. The zero-order valence-corrected chi connectivity index (χ0v) is 21.0. The van der Waals surface area contributed by atoms with Gasteiger partial charge in [-0.05, 0) is 48.8 Å². The number of nitrogens with one attached hydrogen (secondary N) is 1. The Morgan fingerprint density at radius 2 is 1.94 bits per heavy atom. The van der Waals surface area contributed by atoms with Crippen molar-refractivity contribution >= 4 is 41.1 Å². The van der Waals surface area contributed by atoms with Crippen molar-refractivity contribution in [3.05, 3.63) is 48.4 Å². The predicted octanol–water partition coefficient (Wildman–Crippen LogP) is 5.24. The molecule has 1 aliphatic heterocycles. The number of carbonyl (C=O) groups excluding carboxylic acids is 1. The first-order valence-corrected chi connectivity index (χ1v) is 13.5. The standard InChI is InChI=1S/C24H31N5O2S2/c1-17-13-18(2)15-28(14-17)23-26-27-24(29(23)16-19-7-6-11-31-19)33-12-10-22(30)25-20-8-4-5-9-21(20)32-3/h4-9,11,17-18H,10,12-16H2,1-3H3,(H,25,30). The van der Waals surface area contributed by atoms with Crippen LogP contribution in [-0.4, -0.2) is 45.8 Å². The summed E-state index contributed by atoms with van der Waals surface area (Å²) >= 11 is 3.18. The second-order valence-electron chi connectivity index (χ2n) is 8.65. The van der Waals surface area contributed by atoms with Gasteiger partial charge in [-0.25, -0.2) is 0 Å². The molecule has 2 aromatic heterocycles. The number of aromatic nitrogens is 3. The SMILES string of the molecule is CSc1ccccc1NC(=O)CCSc1nnc(N2CC(C)CC(C)C2)n1Cc1ccco1. The van der Waals surface area contributed by atoms with E-state index >= 15 is 0 Å². The molecule has 1 N–H and O–H groups in total. The zero-order valence-electron chi connectivity index (χ0n) is 19.4. The molecule has 1 amide bonds. The molecule has 1 aromatic carbocycles. The summed E-state index contributed by atoms with van der Waals surface area (Å²) in [5, 5.41) is 12.9. The van der Waals surface area contributed by atoms with Gasteiger partial charge in [-0.2, -0.15) is 0 Å². The molecule has 176 valence electrons. The van der Waals surface area contributed by atoms with Crippen LogP contribution in [0.3, 0.4) is 0 Å². The van der Waals surface area contributed by atoms with Crippen LogP contribution >= 0.6 is 23.5 Å². The number of nitrogens with zero attached hydrogens (tertiary/aromatic N) is 4. The summed E-state index contributed by atoms with van der Waals surface area (Å²) in [6.45, 7) is 7.11. The fourth-order valence-electron chi connectivity index (χ4n) is 4.34. The number of hydrogen-bond acceptors (Lipinski definition) is 7. The molecule has 3 heterocycles. The van der Waals surface area contributed by atoms with E-state index in [1.807, 2.05) is 42.7 Å². The number of furan rings is 1. The molecular formula is C24H31N5O2S2. The smallest absolute Gasteiger partial charge is 0.228 e. The number of amides is 1. The van der Waals surface area contributed by atoms with Crippen molar-refractivity contribution in [3.8, 4) is 0 Å². The molecule has 9 heteroatoms. The van der Waals surface area contributed by atoms with Crippen LogP contribution in [0, 0.1) is 11.8 Å². The highest BCUT2D eigenvalue weighted by Crippen LogP contribution is 2.29. The molecule has 2 unspecified atom stereocenters. The Labute approximate surface area is 203 Å². The third-order valence-electron chi connectivity index (χ3n) is 5.68. The minimum atomic E-state index is 0.00000320. The fourth-order valence-corrected chi connectivity index (χ4v) is 5.76. The molecule has 1 saturated heterocycles. The molecular weight excluding hydrogens is 454 g/mol. The first-order valence-electron chi connectivity index (χ1n) is 11.3. The Kier molecular flexibility index (Phi) is 8.03. The molecule has 1 fully saturated rings. The minimum Gasteiger partial charge on any atom is -0.467 e. The summed E-state index contributed by atoms with van der Waals surface area (Å²) in [4.78, 5) is 15.9. The normalized spacial score (nSPS) is 18.5. The Morgan fingerprint density at radius 3 is 2.67 bits per heavy atom. The summed E-state index contributed by atoms with van der Waals surface area (Å²) in [5.41, 5.74) is 0.858. The zero-order chi connectivity index (χ0) is 23.2. The molecule has 2 atom stereocenters. The van der Waals surface area contributed by atoms with Gasteiger partial charge in [0.1, 0.15) is 5.76 Å². The van der Waals surface area contributed by atoms with Gasteiger partial charge < -0.3 is 14.6 Å². The predicted molar refractivity (Wildman–Crippen MR) is 135 cm³/mol. The van der Waals surface area contributed by atoms with Crippen LogP contribution in [0.5, 0.6) is 0 Å². The van der Waals surface area contributed by atoms with Gasteiger partial charge in [0, 0.05) is 30.2 Å². The average molecular weight is 486 g/mol. The fraction of sp³-hybridized carbons (Fsp3) is 0.458. The van der Waals surface area contributed by atoms with Crippen molar-refractivity contribution in [3.63, 3.8) is 0 Å². The summed E-state index contributed by atoms with van der Waals surface area (Å²) in [6, 6.07) is 11.7. The molecule has 7 nitrogen and oxygen atoms in total. The third kappa shape index (κ3) is 6.14. The van der Waals surface area contributed by atoms with Crippen LogP contribution in [0.25, 0.3) is 0 Å². The lowest BCUT2D eigenvalue weighted by Crippen LogP contribution is -2.40. The summed E-state index contributed by atoms with van der Waals surface area (Å²) in [5.74, 6) is 3.60. The highest BCUT2D eigenvalue weighted by Gasteiger charge is 2.27. The number of benzene rings is 1. The van der Waals surface area contributed by atoms with E-state index in [0.29, 0.717) is 30.6 Å². The Balaban J connectivity index is 1.43. The number of para-hydroxylation sites is 1. The first-order chi connectivity index (χ1) is 16.0. The minimum absolute atomic E-state index is 0.00000320. The largest absolute Gasteiger partial charge is 0.467 e. The van der Waals surface area contributed by atoms with Gasteiger partial charge >= 0.3 is 0 Å². The van der Waals surface area contributed by atoms with Crippen LogP contribution in [0.1, 0.15) is 32.4 Å². The topological polar surface area (TPSA) is 76.2 Å². The summed E-state index contributed by atoms with van der Waals surface area (Å²) in [7, 11) is 0. The quantitative estimate of drug-likeness (QED) is 0.415. The lowest BCUT2D eigenvalue weighted by atomic mass is 9.92. The van der Waals surface area contributed by atoms with E-state index in [1.165, 1.54) is 6.42 Å². The Bertz CT molecular complexity index is 1040. The van der Waals surface area contributed by atoms with Crippen molar-refractivity contribution in [1.82, 2.24) is 14.8 Å². The average Bonchev–Trinajstić information content (AvgIpc) is 3.44. The van der Waals surface area contributed by atoms with Crippen molar-refractivity contribution in [2.45, 2.75) is 43.3 Å².